The van der Waals surface area contributed by atoms with Gasteiger partial charge in [0.25, 0.3) is 11.8 Å². The maximum absolute atomic E-state index is 12.3. The Morgan fingerprint density at radius 3 is 2.73 bits per heavy atom. The molecule has 0 spiro atoms. The molecule has 1 saturated carbocycles. The minimum absolute atomic E-state index is 0.122. The summed E-state index contributed by atoms with van der Waals surface area (Å²) in [6.45, 7) is 1.71. The lowest BCUT2D eigenvalue weighted by Gasteiger charge is -2.12. The largest absolute Gasteiger partial charge is 0.360 e. The first-order chi connectivity index (χ1) is 12.6. The van der Waals surface area contributed by atoms with E-state index in [1.54, 1.807) is 24.3 Å². The van der Waals surface area contributed by atoms with Crippen LogP contribution in [0.15, 0.2) is 33.3 Å². The Hall–Kier alpha value is -2.19. The molecule has 2 aromatic rings. The molecular formula is C18H19BrN4O3. The van der Waals surface area contributed by atoms with Crippen molar-refractivity contribution in [2.75, 3.05) is 18.4 Å². The lowest BCUT2D eigenvalue weighted by Crippen LogP contribution is -2.36. The summed E-state index contributed by atoms with van der Waals surface area (Å²) in [5.74, 6) is 0.713. The second-order valence-electron chi connectivity index (χ2n) is 6.70. The van der Waals surface area contributed by atoms with Gasteiger partial charge in [-0.2, -0.15) is 0 Å². The van der Waals surface area contributed by atoms with Gasteiger partial charge in [0.05, 0.1) is 5.69 Å². The van der Waals surface area contributed by atoms with Gasteiger partial charge in [-0.3, -0.25) is 9.59 Å². The summed E-state index contributed by atoms with van der Waals surface area (Å²) in [5.41, 5.74) is 1.37. The molecule has 2 aliphatic rings. The molecule has 3 N–H and O–H groups in total. The van der Waals surface area contributed by atoms with Crippen molar-refractivity contribution in [3.05, 3.63) is 45.8 Å². The van der Waals surface area contributed by atoms with Crippen LogP contribution in [0.4, 0.5) is 5.69 Å². The highest BCUT2D eigenvalue weighted by Gasteiger charge is 2.29. The summed E-state index contributed by atoms with van der Waals surface area (Å²) in [5, 5.41) is 12.8. The van der Waals surface area contributed by atoms with Crippen LogP contribution in [0.25, 0.3) is 0 Å². The second-order valence-corrected chi connectivity index (χ2v) is 7.56. The highest BCUT2D eigenvalue weighted by molar-refractivity contribution is 9.10. The van der Waals surface area contributed by atoms with Crippen molar-refractivity contribution in [2.24, 2.45) is 0 Å². The van der Waals surface area contributed by atoms with Gasteiger partial charge < -0.3 is 20.5 Å². The average Bonchev–Trinajstić information content (AvgIpc) is 3.14. The third-order valence-corrected chi connectivity index (χ3v) is 5.27. The van der Waals surface area contributed by atoms with Gasteiger partial charge in [-0.25, -0.2) is 0 Å². The minimum Gasteiger partial charge on any atom is -0.360 e. The molecule has 1 aromatic carbocycles. The Morgan fingerprint density at radius 1 is 1.19 bits per heavy atom. The van der Waals surface area contributed by atoms with Gasteiger partial charge in [0.2, 0.25) is 0 Å². The van der Waals surface area contributed by atoms with Crippen molar-refractivity contribution >= 4 is 33.4 Å². The predicted molar refractivity (Wildman–Crippen MR) is 99.3 cm³/mol. The van der Waals surface area contributed by atoms with Crippen molar-refractivity contribution in [2.45, 2.75) is 31.2 Å². The molecule has 2 heterocycles. The zero-order valence-electron chi connectivity index (χ0n) is 14.0. The number of hydrogen-bond acceptors (Lipinski definition) is 5. The number of rotatable bonds is 5. The number of carbonyl (C=O) groups excluding carboxylic acids is 2. The molecule has 7 nitrogen and oxygen atoms in total. The van der Waals surface area contributed by atoms with E-state index in [0.717, 1.165) is 38.1 Å². The van der Waals surface area contributed by atoms with E-state index >= 15 is 0 Å². The van der Waals surface area contributed by atoms with Crippen molar-refractivity contribution in [3.63, 3.8) is 0 Å². The van der Waals surface area contributed by atoms with Crippen LogP contribution < -0.4 is 16.0 Å². The molecular weight excluding hydrogens is 400 g/mol. The van der Waals surface area contributed by atoms with Crippen LogP contribution in [0.2, 0.25) is 0 Å². The van der Waals surface area contributed by atoms with Crippen LogP contribution in [0.3, 0.4) is 0 Å². The van der Waals surface area contributed by atoms with E-state index in [4.69, 9.17) is 4.52 Å². The molecule has 26 heavy (non-hydrogen) atoms. The highest BCUT2D eigenvalue weighted by atomic mass is 79.9. The molecule has 1 aliphatic heterocycles. The van der Waals surface area contributed by atoms with Crippen LogP contribution in [-0.4, -0.2) is 36.1 Å². The SMILES string of the molecule is O=C(NC1CCNC1)c1ccc(NC(=O)c2cc(C3CC3)on2)c(Br)c1. The third-order valence-electron chi connectivity index (χ3n) is 4.62. The molecule has 8 heteroatoms. The van der Waals surface area contributed by atoms with Gasteiger partial charge in [-0.1, -0.05) is 5.16 Å². The molecule has 2 fully saturated rings. The number of amides is 2. The molecule has 1 atom stereocenters. The summed E-state index contributed by atoms with van der Waals surface area (Å²) in [4.78, 5) is 24.6. The number of halogens is 1. The van der Waals surface area contributed by atoms with Crippen molar-refractivity contribution in [1.29, 1.82) is 0 Å². The molecule has 1 aliphatic carbocycles. The molecule has 1 aromatic heterocycles. The number of benzene rings is 1. The quantitative estimate of drug-likeness (QED) is 0.693. The predicted octanol–water partition coefficient (Wildman–Crippen LogP) is 2.66. The van der Waals surface area contributed by atoms with Crippen molar-refractivity contribution < 1.29 is 14.1 Å². The van der Waals surface area contributed by atoms with Gasteiger partial charge >= 0.3 is 0 Å². The second kappa shape index (κ2) is 7.20. The Bertz CT molecular complexity index is 841. The van der Waals surface area contributed by atoms with Gasteiger partial charge in [0, 0.05) is 34.6 Å². The number of carbonyl (C=O) groups is 2. The van der Waals surface area contributed by atoms with Crippen molar-refractivity contribution in [1.82, 2.24) is 15.8 Å². The van der Waals surface area contributed by atoms with Gasteiger partial charge in [-0.15, -0.1) is 0 Å². The van der Waals surface area contributed by atoms with Crippen LogP contribution >= 0.6 is 15.9 Å². The van der Waals surface area contributed by atoms with E-state index in [1.165, 1.54) is 0 Å². The summed E-state index contributed by atoms with van der Waals surface area (Å²) in [6.07, 6.45) is 3.10. The third kappa shape index (κ3) is 3.81. The normalized spacial score (nSPS) is 19.3. The van der Waals surface area contributed by atoms with Crippen LogP contribution in [0.5, 0.6) is 0 Å². The van der Waals surface area contributed by atoms with Crippen LogP contribution in [-0.2, 0) is 0 Å². The molecule has 4 rings (SSSR count). The monoisotopic (exact) mass is 418 g/mol. The molecule has 1 unspecified atom stereocenters. The van der Waals surface area contributed by atoms with Gasteiger partial charge in [0.1, 0.15) is 5.76 Å². The van der Waals surface area contributed by atoms with E-state index in [0.29, 0.717) is 21.6 Å². The first kappa shape index (κ1) is 17.2. The summed E-state index contributed by atoms with van der Waals surface area (Å²) in [6, 6.07) is 6.94. The van der Waals surface area contributed by atoms with Gasteiger partial charge in [0.15, 0.2) is 5.69 Å². The number of nitrogens with zero attached hydrogens (tertiary/aromatic N) is 1. The maximum Gasteiger partial charge on any atom is 0.277 e. The van der Waals surface area contributed by atoms with E-state index in [1.807, 2.05) is 0 Å². The van der Waals surface area contributed by atoms with E-state index < -0.39 is 0 Å². The smallest absolute Gasteiger partial charge is 0.277 e. The highest BCUT2D eigenvalue weighted by Crippen LogP contribution is 2.40. The Morgan fingerprint density at radius 2 is 2.04 bits per heavy atom. The molecule has 0 bridgehead atoms. The summed E-state index contributed by atoms with van der Waals surface area (Å²) >= 11 is 3.42. The molecule has 1 saturated heterocycles. The fraction of sp³-hybridized carbons (Fsp3) is 0.389. The minimum atomic E-state index is -0.337. The van der Waals surface area contributed by atoms with Crippen LogP contribution in [0.1, 0.15) is 51.8 Å². The fourth-order valence-electron chi connectivity index (χ4n) is 2.95. The average molecular weight is 419 g/mol. The molecule has 2 amide bonds. The number of hydrogen-bond donors (Lipinski definition) is 3. The topological polar surface area (TPSA) is 96.3 Å². The molecule has 136 valence electrons. The summed E-state index contributed by atoms with van der Waals surface area (Å²) < 4.78 is 5.84. The number of anilines is 1. The summed E-state index contributed by atoms with van der Waals surface area (Å²) in [7, 11) is 0. The number of nitrogens with one attached hydrogen (secondary N) is 3. The zero-order valence-corrected chi connectivity index (χ0v) is 15.6. The maximum atomic E-state index is 12.3. The lowest BCUT2D eigenvalue weighted by atomic mass is 10.1. The first-order valence-electron chi connectivity index (χ1n) is 8.69. The standard InChI is InChI=1S/C18H19BrN4O3/c19-13-7-11(17(24)21-12-5-6-20-9-12)3-4-14(13)22-18(25)15-8-16(26-23-15)10-1-2-10/h3-4,7-8,10,12,20H,1-2,5-6,9H2,(H,21,24)(H,22,25). The number of aromatic nitrogens is 1. The Kier molecular flexibility index (Phi) is 4.78. The Labute approximate surface area is 159 Å². The van der Waals surface area contributed by atoms with E-state index in [9.17, 15) is 9.59 Å². The molecule has 0 radical (unpaired) electrons. The van der Waals surface area contributed by atoms with E-state index in [-0.39, 0.29) is 23.6 Å². The van der Waals surface area contributed by atoms with Gasteiger partial charge in [-0.05, 0) is 59.9 Å². The Balaban J connectivity index is 1.41. The van der Waals surface area contributed by atoms with Crippen LogP contribution in [0, 0.1) is 0 Å². The van der Waals surface area contributed by atoms with E-state index in [2.05, 4.69) is 37.0 Å². The first-order valence-corrected chi connectivity index (χ1v) is 9.48. The van der Waals surface area contributed by atoms with Crippen molar-refractivity contribution in [3.8, 4) is 0 Å². The lowest BCUT2D eigenvalue weighted by molar-refractivity contribution is 0.0939. The fourth-order valence-corrected chi connectivity index (χ4v) is 3.43. The zero-order chi connectivity index (χ0) is 18.1.